The number of hydrogen-bond acceptors (Lipinski definition) is 6. The molecule has 24 heavy (non-hydrogen) atoms. The molecular formula is C17H16N4O3. The lowest BCUT2D eigenvalue weighted by Crippen LogP contribution is -2.31. The summed E-state index contributed by atoms with van der Waals surface area (Å²) in [5.41, 5.74) is 2.71. The maximum Gasteiger partial charge on any atom is 0.226 e. The fourth-order valence-electron chi connectivity index (χ4n) is 3.63. The van der Waals surface area contributed by atoms with Gasteiger partial charge in [-0.1, -0.05) is 6.07 Å². The Balaban J connectivity index is 1.67. The predicted octanol–water partition coefficient (Wildman–Crippen LogP) is 2.07. The van der Waals surface area contributed by atoms with Crippen molar-refractivity contribution in [3.63, 3.8) is 0 Å². The van der Waals surface area contributed by atoms with Gasteiger partial charge < -0.3 is 14.8 Å². The third-order valence-corrected chi connectivity index (χ3v) is 4.69. The second kappa shape index (κ2) is 5.09. The summed E-state index contributed by atoms with van der Waals surface area (Å²) in [6.07, 6.45) is 3.81. The van der Waals surface area contributed by atoms with Crippen molar-refractivity contribution in [3.05, 3.63) is 41.4 Å². The van der Waals surface area contributed by atoms with E-state index in [4.69, 9.17) is 9.47 Å². The van der Waals surface area contributed by atoms with Crippen molar-refractivity contribution >= 4 is 11.7 Å². The van der Waals surface area contributed by atoms with E-state index in [1.54, 1.807) is 4.68 Å². The average Bonchev–Trinajstić information content (AvgIpc) is 3.08. The number of ether oxygens (including phenoxy) is 2. The van der Waals surface area contributed by atoms with Crippen molar-refractivity contribution in [1.29, 1.82) is 0 Å². The number of carbonyl (C=O) groups excluding carboxylic acids is 1. The van der Waals surface area contributed by atoms with Crippen LogP contribution in [0.15, 0.2) is 35.8 Å². The van der Waals surface area contributed by atoms with E-state index in [1.807, 2.05) is 18.2 Å². The predicted molar refractivity (Wildman–Crippen MR) is 85.1 cm³/mol. The van der Waals surface area contributed by atoms with Gasteiger partial charge in [-0.05, 0) is 30.5 Å². The molecule has 7 nitrogen and oxygen atoms in total. The maximum absolute atomic E-state index is 12.6. The van der Waals surface area contributed by atoms with Crippen LogP contribution < -0.4 is 14.8 Å². The van der Waals surface area contributed by atoms with E-state index in [9.17, 15) is 4.79 Å². The molecule has 0 saturated heterocycles. The number of ketones is 1. The van der Waals surface area contributed by atoms with E-state index in [2.05, 4.69) is 15.4 Å². The van der Waals surface area contributed by atoms with Crippen LogP contribution in [0.25, 0.3) is 0 Å². The summed E-state index contributed by atoms with van der Waals surface area (Å²) in [7, 11) is 0. The average molecular weight is 324 g/mol. The molecule has 0 spiro atoms. The summed E-state index contributed by atoms with van der Waals surface area (Å²) in [5.74, 6) is 2.29. The number of aromatic nitrogens is 3. The number of rotatable bonds is 1. The fourth-order valence-corrected chi connectivity index (χ4v) is 3.63. The molecule has 1 N–H and O–H groups in total. The SMILES string of the molecule is O=C1CCCC2=C1C(c1ccc3c(c1)OCCO3)n1ncnc1N2. The number of nitrogens with one attached hydrogen (secondary N) is 1. The lowest BCUT2D eigenvalue weighted by atomic mass is 9.85. The first-order valence-electron chi connectivity index (χ1n) is 8.13. The Bertz CT molecular complexity index is 870. The highest BCUT2D eigenvalue weighted by Crippen LogP contribution is 2.42. The molecule has 1 aliphatic carbocycles. The van der Waals surface area contributed by atoms with Crippen LogP contribution in [0.3, 0.4) is 0 Å². The van der Waals surface area contributed by atoms with Gasteiger partial charge in [0.15, 0.2) is 17.3 Å². The van der Waals surface area contributed by atoms with Gasteiger partial charge in [-0.2, -0.15) is 10.1 Å². The number of benzene rings is 1. The van der Waals surface area contributed by atoms with Gasteiger partial charge in [0.2, 0.25) is 5.95 Å². The van der Waals surface area contributed by atoms with Crippen LogP contribution in [-0.2, 0) is 4.79 Å². The van der Waals surface area contributed by atoms with Crippen LogP contribution in [0.1, 0.15) is 30.9 Å². The molecule has 5 rings (SSSR count). The molecule has 1 unspecified atom stereocenters. The van der Waals surface area contributed by atoms with Crippen LogP contribution in [0.4, 0.5) is 5.95 Å². The molecule has 0 bridgehead atoms. The summed E-state index contributed by atoms with van der Waals surface area (Å²) >= 11 is 0. The van der Waals surface area contributed by atoms with Crippen LogP contribution in [-0.4, -0.2) is 33.8 Å². The molecule has 2 aromatic rings. The minimum atomic E-state index is -0.276. The molecular weight excluding hydrogens is 308 g/mol. The monoisotopic (exact) mass is 324 g/mol. The van der Waals surface area contributed by atoms with Gasteiger partial charge in [0.05, 0.1) is 0 Å². The molecule has 122 valence electrons. The van der Waals surface area contributed by atoms with Gasteiger partial charge in [0, 0.05) is 17.7 Å². The largest absolute Gasteiger partial charge is 0.486 e. The molecule has 7 heteroatoms. The van der Waals surface area contributed by atoms with Gasteiger partial charge in [0.25, 0.3) is 0 Å². The highest BCUT2D eigenvalue weighted by molar-refractivity contribution is 5.99. The number of hydrogen-bond donors (Lipinski definition) is 1. The number of anilines is 1. The second-order valence-electron chi connectivity index (χ2n) is 6.13. The van der Waals surface area contributed by atoms with Crippen LogP contribution in [0.2, 0.25) is 0 Å². The summed E-state index contributed by atoms with van der Waals surface area (Å²) in [6.45, 7) is 1.09. The second-order valence-corrected chi connectivity index (χ2v) is 6.13. The van der Waals surface area contributed by atoms with Crippen LogP contribution in [0.5, 0.6) is 11.5 Å². The fraction of sp³-hybridized carbons (Fsp3) is 0.353. The Hall–Kier alpha value is -2.83. The summed E-state index contributed by atoms with van der Waals surface area (Å²) in [4.78, 5) is 16.9. The lowest BCUT2D eigenvalue weighted by molar-refractivity contribution is -0.116. The summed E-state index contributed by atoms with van der Waals surface area (Å²) in [6, 6.07) is 5.54. The first-order valence-corrected chi connectivity index (χ1v) is 8.13. The molecule has 2 aliphatic heterocycles. The molecule has 1 aromatic heterocycles. The maximum atomic E-state index is 12.6. The quantitative estimate of drug-likeness (QED) is 0.865. The topological polar surface area (TPSA) is 78.3 Å². The van der Waals surface area contributed by atoms with Gasteiger partial charge in [0.1, 0.15) is 25.6 Å². The smallest absolute Gasteiger partial charge is 0.226 e. The summed E-state index contributed by atoms with van der Waals surface area (Å²) in [5, 5.41) is 7.60. The van der Waals surface area contributed by atoms with Gasteiger partial charge in [-0.15, -0.1) is 0 Å². The first kappa shape index (κ1) is 13.6. The molecule has 1 atom stereocenters. The van der Waals surface area contributed by atoms with E-state index < -0.39 is 0 Å². The van der Waals surface area contributed by atoms with Crippen molar-refractivity contribution in [2.75, 3.05) is 18.5 Å². The zero-order valence-electron chi connectivity index (χ0n) is 13.0. The number of allylic oxidation sites excluding steroid dienone is 2. The van der Waals surface area contributed by atoms with Crippen molar-refractivity contribution in [2.24, 2.45) is 0 Å². The Morgan fingerprint density at radius 3 is 2.96 bits per heavy atom. The minimum absolute atomic E-state index is 0.171. The van der Waals surface area contributed by atoms with Crippen molar-refractivity contribution in [2.45, 2.75) is 25.3 Å². The van der Waals surface area contributed by atoms with E-state index >= 15 is 0 Å². The number of Topliss-reactive ketones (excluding diaryl/α,β-unsaturated/α-hetero) is 1. The zero-order chi connectivity index (χ0) is 16.1. The van der Waals surface area contributed by atoms with E-state index in [0.29, 0.717) is 31.3 Å². The number of carbonyl (C=O) groups is 1. The lowest BCUT2D eigenvalue weighted by Gasteiger charge is -2.32. The standard InChI is InChI=1S/C17H16N4O3/c22-12-3-1-2-11-15(12)16(21-17(20-11)18-9-19-21)10-4-5-13-14(8-10)24-7-6-23-13/h4-5,8-9,16H,1-3,6-7H2,(H,18,19,20). The summed E-state index contributed by atoms with van der Waals surface area (Å²) < 4.78 is 13.1. The minimum Gasteiger partial charge on any atom is -0.486 e. The highest BCUT2D eigenvalue weighted by atomic mass is 16.6. The Labute approximate surface area is 138 Å². The van der Waals surface area contributed by atoms with Crippen molar-refractivity contribution in [1.82, 2.24) is 14.8 Å². The number of nitrogens with zero attached hydrogens (tertiary/aromatic N) is 3. The van der Waals surface area contributed by atoms with Crippen LogP contribution in [0, 0.1) is 0 Å². The third kappa shape index (κ3) is 1.94. The van der Waals surface area contributed by atoms with Crippen molar-refractivity contribution < 1.29 is 14.3 Å². The molecule has 0 amide bonds. The molecule has 0 fully saturated rings. The first-order chi connectivity index (χ1) is 11.8. The molecule has 0 radical (unpaired) electrons. The van der Waals surface area contributed by atoms with Gasteiger partial charge in [-0.3, -0.25) is 4.79 Å². The number of fused-ring (bicyclic) bond motifs is 2. The van der Waals surface area contributed by atoms with Crippen molar-refractivity contribution in [3.8, 4) is 11.5 Å². The Morgan fingerprint density at radius 2 is 2.04 bits per heavy atom. The van der Waals surface area contributed by atoms with E-state index in [1.165, 1.54) is 6.33 Å². The van der Waals surface area contributed by atoms with E-state index in [0.717, 1.165) is 35.4 Å². The highest BCUT2D eigenvalue weighted by Gasteiger charge is 2.36. The zero-order valence-corrected chi connectivity index (χ0v) is 13.0. The third-order valence-electron chi connectivity index (χ3n) is 4.69. The molecule has 0 saturated carbocycles. The Morgan fingerprint density at radius 1 is 1.17 bits per heavy atom. The van der Waals surface area contributed by atoms with E-state index in [-0.39, 0.29) is 11.8 Å². The van der Waals surface area contributed by atoms with Gasteiger partial charge in [-0.25, -0.2) is 4.68 Å². The molecule has 3 aliphatic rings. The normalized spacial score (nSPS) is 21.8. The molecule has 1 aromatic carbocycles. The molecule has 3 heterocycles. The van der Waals surface area contributed by atoms with Crippen LogP contribution >= 0.6 is 0 Å². The Kier molecular flexibility index (Phi) is 2.88. The van der Waals surface area contributed by atoms with Gasteiger partial charge >= 0.3 is 0 Å².